The summed E-state index contributed by atoms with van der Waals surface area (Å²) < 4.78 is 12.2. The minimum atomic E-state index is -0.286. The number of halogens is 1. The number of amides is 2. The maximum absolute atomic E-state index is 12.2. The van der Waals surface area contributed by atoms with Crippen molar-refractivity contribution in [3.05, 3.63) is 65.0 Å². The summed E-state index contributed by atoms with van der Waals surface area (Å²) in [4.78, 5) is 24.4. The maximum atomic E-state index is 12.2. The van der Waals surface area contributed by atoms with E-state index in [0.29, 0.717) is 33.2 Å². The van der Waals surface area contributed by atoms with Crippen LogP contribution in [0.4, 0.5) is 5.69 Å². The summed E-state index contributed by atoms with van der Waals surface area (Å²) >= 11 is 7.29. The van der Waals surface area contributed by atoms with Gasteiger partial charge in [-0.25, -0.2) is 0 Å². The molecule has 2 N–H and O–H groups in total. The van der Waals surface area contributed by atoms with Crippen molar-refractivity contribution in [2.75, 3.05) is 25.3 Å². The molecule has 0 aliphatic rings. The second-order valence-electron chi connectivity index (χ2n) is 6.94. The highest BCUT2D eigenvalue weighted by molar-refractivity contribution is 7.99. The molecule has 0 saturated heterocycles. The lowest BCUT2D eigenvalue weighted by molar-refractivity contribution is -0.116. The van der Waals surface area contributed by atoms with E-state index in [2.05, 4.69) is 20.8 Å². The number of benzene rings is 2. The number of anilines is 1. The van der Waals surface area contributed by atoms with Crippen molar-refractivity contribution in [1.29, 1.82) is 0 Å². The minimum absolute atomic E-state index is 0.137. The van der Waals surface area contributed by atoms with Gasteiger partial charge in [0.25, 0.3) is 0 Å². The maximum Gasteiger partial charge on any atom is 0.244 e. The van der Waals surface area contributed by atoms with Crippen LogP contribution in [0.25, 0.3) is 6.08 Å². The Kier molecular flexibility index (Phi) is 8.94. The number of nitrogens with zero attached hydrogens (tertiary/aromatic N) is 3. The van der Waals surface area contributed by atoms with E-state index >= 15 is 0 Å². The van der Waals surface area contributed by atoms with Crippen LogP contribution < -0.4 is 20.1 Å². The predicted octanol–water partition coefficient (Wildman–Crippen LogP) is 3.55. The van der Waals surface area contributed by atoms with Crippen LogP contribution in [0.1, 0.15) is 11.4 Å². The van der Waals surface area contributed by atoms with Crippen LogP contribution in [0.3, 0.4) is 0 Å². The van der Waals surface area contributed by atoms with E-state index in [9.17, 15) is 9.59 Å². The third-order valence-electron chi connectivity index (χ3n) is 4.66. The van der Waals surface area contributed by atoms with Gasteiger partial charge in [-0.05, 0) is 35.9 Å². The van der Waals surface area contributed by atoms with Crippen molar-refractivity contribution in [2.24, 2.45) is 7.05 Å². The number of carbonyl (C=O) groups is 2. The Morgan fingerprint density at radius 2 is 1.88 bits per heavy atom. The molecule has 0 aliphatic carbocycles. The van der Waals surface area contributed by atoms with Crippen molar-refractivity contribution in [3.8, 4) is 11.5 Å². The first kappa shape index (κ1) is 25.1. The SMILES string of the molecule is COc1ccc(/C=C/C(=O)NCc2nnc(SCC(=O)Nc3ccccc3Cl)n2C)cc1OC. The Morgan fingerprint density at radius 1 is 1.12 bits per heavy atom. The number of thioether (sulfide) groups is 1. The fraction of sp³-hybridized carbons (Fsp3) is 0.217. The molecule has 178 valence electrons. The number of hydrogen-bond acceptors (Lipinski definition) is 7. The second kappa shape index (κ2) is 12.1. The summed E-state index contributed by atoms with van der Waals surface area (Å²) in [5.41, 5.74) is 1.34. The first-order chi connectivity index (χ1) is 16.4. The molecule has 0 saturated carbocycles. The number of hydrogen-bond donors (Lipinski definition) is 2. The van der Waals surface area contributed by atoms with Crippen molar-refractivity contribution < 1.29 is 19.1 Å². The predicted molar refractivity (Wildman–Crippen MR) is 132 cm³/mol. The molecule has 2 amide bonds. The van der Waals surface area contributed by atoms with E-state index in [1.165, 1.54) is 17.8 Å². The largest absolute Gasteiger partial charge is 0.493 e. The van der Waals surface area contributed by atoms with Crippen molar-refractivity contribution in [3.63, 3.8) is 0 Å². The summed E-state index contributed by atoms with van der Waals surface area (Å²) in [5, 5.41) is 14.7. The molecule has 3 aromatic rings. The number of rotatable bonds is 10. The second-order valence-corrected chi connectivity index (χ2v) is 8.29. The van der Waals surface area contributed by atoms with Gasteiger partial charge >= 0.3 is 0 Å². The van der Waals surface area contributed by atoms with E-state index < -0.39 is 0 Å². The standard InChI is InChI=1S/C23H24ClN5O4S/c1-29-20(13-25-21(30)11-9-15-8-10-18(32-2)19(12-15)33-3)27-28-23(29)34-14-22(31)26-17-7-5-4-6-16(17)24/h4-12H,13-14H2,1-3H3,(H,25,30)(H,26,31)/b11-9+. The molecule has 2 aromatic carbocycles. The molecule has 0 radical (unpaired) electrons. The molecule has 1 heterocycles. The van der Waals surface area contributed by atoms with E-state index in [1.54, 1.807) is 68.3 Å². The third kappa shape index (κ3) is 6.75. The number of aromatic nitrogens is 3. The molecule has 0 aliphatic heterocycles. The lowest BCUT2D eigenvalue weighted by Gasteiger charge is -2.08. The highest BCUT2D eigenvalue weighted by atomic mass is 35.5. The van der Waals surface area contributed by atoms with Gasteiger partial charge in [0, 0.05) is 13.1 Å². The van der Waals surface area contributed by atoms with Crippen LogP contribution in [0.2, 0.25) is 5.02 Å². The zero-order chi connectivity index (χ0) is 24.5. The summed E-state index contributed by atoms with van der Waals surface area (Å²) in [5.74, 6) is 1.39. The number of nitrogens with one attached hydrogen (secondary N) is 2. The molecule has 11 heteroatoms. The molecular weight excluding hydrogens is 478 g/mol. The Morgan fingerprint density at radius 3 is 2.62 bits per heavy atom. The van der Waals surface area contributed by atoms with Crippen LogP contribution in [0.5, 0.6) is 11.5 Å². The molecule has 0 atom stereocenters. The Balaban J connectivity index is 1.50. The number of methoxy groups -OCH3 is 2. The highest BCUT2D eigenvalue weighted by Gasteiger charge is 2.13. The first-order valence-corrected chi connectivity index (χ1v) is 11.5. The zero-order valence-electron chi connectivity index (χ0n) is 18.9. The van der Waals surface area contributed by atoms with Gasteiger partial charge in [-0.3, -0.25) is 9.59 Å². The summed E-state index contributed by atoms with van der Waals surface area (Å²) in [7, 11) is 4.89. The molecule has 9 nitrogen and oxygen atoms in total. The minimum Gasteiger partial charge on any atom is -0.493 e. The zero-order valence-corrected chi connectivity index (χ0v) is 20.4. The van der Waals surface area contributed by atoms with E-state index in [0.717, 1.165) is 5.56 Å². The Hall–Kier alpha value is -3.50. The fourth-order valence-electron chi connectivity index (χ4n) is 2.86. The van der Waals surface area contributed by atoms with E-state index in [-0.39, 0.29) is 24.1 Å². The monoisotopic (exact) mass is 501 g/mol. The smallest absolute Gasteiger partial charge is 0.244 e. The fourth-order valence-corrected chi connectivity index (χ4v) is 3.77. The number of carbonyl (C=O) groups excluding carboxylic acids is 2. The number of para-hydroxylation sites is 1. The number of ether oxygens (including phenoxy) is 2. The van der Waals surface area contributed by atoms with Gasteiger partial charge in [-0.1, -0.05) is 41.6 Å². The molecule has 0 spiro atoms. The van der Waals surface area contributed by atoms with Gasteiger partial charge in [0.1, 0.15) is 0 Å². The average molecular weight is 502 g/mol. The summed E-state index contributed by atoms with van der Waals surface area (Å²) in [6.45, 7) is 0.186. The lowest BCUT2D eigenvalue weighted by atomic mass is 10.2. The van der Waals surface area contributed by atoms with Crippen LogP contribution in [0, 0.1) is 0 Å². The van der Waals surface area contributed by atoms with Crippen LogP contribution in [-0.4, -0.2) is 46.6 Å². The van der Waals surface area contributed by atoms with Crippen LogP contribution in [-0.2, 0) is 23.2 Å². The molecule has 34 heavy (non-hydrogen) atoms. The van der Waals surface area contributed by atoms with Crippen LogP contribution >= 0.6 is 23.4 Å². The first-order valence-electron chi connectivity index (χ1n) is 10.1. The van der Waals surface area contributed by atoms with Gasteiger partial charge in [-0.15, -0.1) is 10.2 Å². The van der Waals surface area contributed by atoms with Gasteiger partial charge in [0.15, 0.2) is 22.5 Å². The molecular formula is C23H24ClN5O4S. The quantitative estimate of drug-likeness (QED) is 0.323. The molecule has 3 rings (SSSR count). The molecule has 0 fully saturated rings. The summed E-state index contributed by atoms with van der Waals surface area (Å²) in [6.07, 6.45) is 3.10. The summed E-state index contributed by atoms with van der Waals surface area (Å²) in [6, 6.07) is 12.4. The molecule has 0 bridgehead atoms. The van der Waals surface area contributed by atoms with E-state index in [4.69, 9.17) is 21.1 Å². The van der Waals surface area contributed by atoms with Gasteiger partial charge in [0.05, 0.1) is 37.2 Å². The van der Waals surface area contributed by atoms with Gasteiger partial charge in [0.2, 0.25) is 11.8 Å². The van der Waals surface area contributed by atoms with Crippen molar-refractivity contribution in [1.82, 2.24) is 20.1 Å². The Bertz CT molecular complexity index is 1200. The van der Waals surface area contributed by atoms with Gasteiger partial charge < -0.3 is 24.7 Å². The van der Waals surface area contributed by atoms with E-state index in [1.807, 2.05) is 6.07 Å². The highest BCUT2D eigenvalue weighted by Crippen LogP contribution is 2.28. The molecule has 1 aromatic heterocycles. The topological polar surface area (TPSA) is 107 Å². The van der Waals surface area contributed by atoms with Crippen molar-refractivity contribution >= 4 is 46.9 Å². The molecule has 0 unspecified atom stereocenters. The van der Waals surface area contributed by atoms with Gasteiger partial charge in [-0.2, -0.15) is 0 Å². The average Bonchev–Trinajstić information content (AvgIpc) is 3.20. The lowest BCUT2D eigenvalue weighted by Crippen LogP contribution is -2.22. The third-order valence-corrected chi connectivity index (χ3v) is 6.01. The Labute approximate surface area is 206 Å². The van der Waals surface area contributed by atoms with Crippen LogP contribution in [0.15, 0.2) is 53.7 Å². The normalized spacial score (nSPS) is 10.8. The van der Waals surface area contributed by atoms with Crippen molar-refractivity contribution in [2.45, 2.75) is 11.7 Å².